The van der Waals surface area contributed by atoms with Crippen LogP contribution in [0, 0.1) is 19.8 Å². The molecule has 6 heteroatoms. The van der Waals surface area contributed by atoms with Crippen molar-refractivity contribution in [3.8, 4) is 0 Å². The monoisotopic (exact) mass is 386 g/mol. The Balaban J connectivity index is 1.85. The molecular weight excluding hydrogens is 360 g/mol. The minimum atomic E-state index is -3.66. The number of aryl methyl sites for hydroxylation is 2. The molecule has 2 aromatic carbocycles. The maximum absolute atomic E-state index is 12.8. The SMILES string of the molecule is Cc1ccc(S(=O)(=O)Nc2ccc3c(c2)CN(C(=O)C(C)C)CC3)c(C)c1. The minimum absolute atomic E-state index is 0.0438. The molecule has 0 saturated carbocycles. The highest BCUT2D eigenvalue weighted by Crippen LogP contribution is 2.26. The van der Waals surface area contributed by atoms with E-state index in [9.17, 15) is 13.2 Å². The number of nitrogens with one attached hydrogen (secondary N) is 1. The summed E-state index contributed by atoms with van der Waals surface area (Å²) in [7, 11) is -3.66. The van der Waals surface area contributed by atoms with Gasteiger partial charge in [-0.25, -0.2) is 8.42 Å². The fourth-order valence-corrected chi connectivity index (χ4v) is 4.76. The van der Waals surface area contributed by atoms with Crippen molar-refractivity contribution in [3.05, 3.63) is 58.7 Å². The zero-order valence-corrected chi connectivity index (χ0v) is 17.1. The summed E-state index contributed by atoms with van der Waals surface area (Å²) >= 11 is 0. The quantitative estimate of drug-likeness (QED) is 0.872. The molecule has 1 aliphatic rings. The van der Waals surface area contributed by atoms with Gasteiger partial charge in [0.15, 0.2) is 0 Å². The first-order valence-corrected chi connectivity index (χ1v) is 10.7. The lowest BCUT2D eigenvalue weighted by atomic mass is 9.98. The first-order chi connectivity index (χ1) is 12.7. The van der Waals surface area contributed by atoms with Gasteiger partial charge in [0, 0.05) is 24.7 Å². The van der Waals surface area contributed by atoms with Gasteiger partial charge in [-0.2, -0.15) is 0 Å². The molecule has 144 valence electrons. The van der Waals surface area contributed by atoms with Gasteiger partial charge in [0.1, 0.15) is 0 Å². The molecule has 0 saturated heterocycles. The van der Waals surface area contributed by atoms with Gasteiger partial charge in [0.05, 0.1) is 4.90 Å². The third kappa shape index (κ3) is 4.16. The van der Waals surface area contributed by atoms with Crippen LogP contribution in [0.4, 0.5) is 5.69 Å². The fraction of sp³-hybridized carbons (Fsp3) is 0.381. The van der Waals surface area contributed by atoms with Crippen molar-refractivity contribution in [2.24, 2.45) is 5.92 Å². The molecule has 0 bridgehead atoms. The van der Waals surface area contributed by atoms with E-state index in [2.05, 4.69) is 4.72 Å². The molecule has 3 rings (SSSR count). The highest BCUT2D eigenvalue weighted by molar-refractivity contribution is 7.92. The minimum Gasteiger partial charge on any atom is -0.338 e. The van der Waals surface area contributed by atoms with Crippen molar-refractivity contribution in [2.45, 2.75) is 45.6 Å². The predicted molar refractivity (Wildman–Crippen MR) is 107 cm³/mol. The summed E-state index contributed by atoms with van der Waals surface area (Å²) in [6.07, 6.45) is 0.790. The molecule has 2 aromatic rings. The second kappa shape index (κ2) is 7.35. The molecule has 0 radical (unpaired) electrons. The molecule has 1 N–H and O–H groups in total. The van der Waals surface area contributed by atoms with Gasteiger partial charge in [0.2, 0.25) is 5.91 Å². The third-order valence-corrected chi connectivity index (χ3v) is 6.44. The molecule has 27 heavy (non-hydrogen) atoms. The van der Waals surface area contributed by atoms with Crippen LogP contribution in [0.25, 0.3) is 0 Å². The maximum atomic E-state index is 12.8. The smallest absolute Gasteiger partial charge is 0.262 e. The van der Waals surface area contributed by atoms with E-state index in [0.29, 0.717) is 24.3 Å². The molecule has 0 fully saturated rings. The molecule has 1 aliphatic heterocycles. The zero-order valence-electron chi connectivity index (χ0n) is 16.2. The second-order valence-electron chi connectivity index (χ2n) is 7.52. The van der Waals surface area contributed by atoms with Crippen LogP contribution in [0.5, 0.6) is 0 Å². The Morgan fingerprint density at radius 3 is 2.48 bits per heavy atom. The van der Waals surface area contributed by atoms with Gasteiger partial charge in [-0.15, -0.1) is 0 Å². The number of hydrogen-bond acceptors (Lipinski definition) is 3. The Hall–Kier alpha value is -2.34. The molecule has 1 heterocycles. The number of sulfonamides is 1. The van der Waals surface area contributed by atoms with Crippen molar-refractivity contribution in [3.63, 3.8) is 0 Å². The zero-order chi connectivity index (χ0) is 19.8. The van der Waals surface area contributed by atoms with Crippen LogP contribution in [0.3, 0.4) is 0 Å². The van der Waals surface area contributed by atoms with Crippen molar-refractivity contribution in [1.29, 1.82) is 0 Å². The highest BCUT2D eigenvalue weighted by atomic mass is 32.2. The van der Waals surface area contributed by atoms with E-state index in [4.69, 9.17) is 0 Å². The molecule has 0 aromatic heterocycles. The van der Waals surface area contributed by atoms with Gasteiger partial charge >= 0.3 is 0 Å². The van der Waals surface area contributed by atoms with Crippen LogP contribution < -0.4 is 4.72 Å². The van der Waals surface area contributed by atoms with E-state index in [1.807, 2.05) is 43.9 Å². The summed E-state index contributed by atoms with van der Waals surface area (Å²) in [4.78, 5) is 14.4. The maximum Gasteiger partial charge on any atom is 0.262 e. The number of carbonyl (C=O) groups excluding carboxylic acids is 1. The van der Waals surface area contributed by atoms with E-state index in [0.717, 1.165) is 23.1 Å². The molecule has 1 amide bonds. The Labute approximate surface area is 161 Å². The molecule has 0 spiro atoms. The van der Waals surface area contributed by atoms with Crippen molar-refractivity contribution in [1.82, 2.24) is 4.90 Å². The number of fused-ring (bicyclic) bond motifs is 1. The Bertz CT molecular complexity index is 981. The highest BCUT2D eigenvalue weighted by Gasteiger charge is 2.23. The second-order valence-corrected chi connectivity index (χ2v) is 9.17. The average molecular weight is 387 g/mol. The lowest BCUT2D eigenvalue weighted by Gasteiger charge is -2.30. The summed E-state index contributed by atoms with van der Waals surface area (Å²) in [6, 6.07) is 10.9. The normalized spacial score (nSPS) is 14.2. The largest absolute Gasteiger partial charge is 0.338 e. The average Bonchev–Trinajstić information content (AvgIpc) is 2.59. The summed E-state index contributed by atoms with van der Waals surface area (Å²) in [5.41, 5.74) is 4.42. The lowest BCUT2D eigenvalue weighted by molar-refractivity contribution is -0.135. The summed E-state index contributed by atoms with van der Waals surface area (Å²) in [5.74, 6) is 0.0830. The first kappa shape index (κ1) is 19.4. The van der Waals surface area contributed by atoms with Gasteiger partial charge in [-0.1, -0.05) is 37.6 Å². The van der Waals surface area contributed by atoms with Crippen LogP contribution in [0.1, 0.15) is 36.1 Å². The summed E-state index contributed by atoms with van der Waals surface area (Å²) in [6.45, 7) is 8.75. The van der Waals surface area contributed by atoms with Gasteiger partial charge in [0.25, 0.3) is 10.0 Å². The van der Waals surface area contributed by atoms with Crippen LogP contribution in [-0.2, 0) is 27.8 Å². The number of amides is 1. The van der Waals surface area contributed by atoms with E-state index < -0.39 is 10.0 Å². The van der Waals surface area contributed by atoms with E-state index in [1.54, 1.807) is 25.1 Å². The Kier molecular flexibility index (Phi) is 5.29. The topological polar surface area (TPSA) is 66.5 Å². The first-order valence-electron chi connectivity index (χ1n) is 9.18. The van der Waals surface area contributed by atoms with Crippen LogP contribution >= 0.6 is 0 Å². The van der Waals surface area contributed by atoms with Gasteiger partial charge in [-0.3, -0.25) is 9.52 Å². The summed E-state index contributed by atoms with van der Waals surface area (Å²) < 4.78 is 28.3. The third-order valence-electron chi connectivity index (χ3n) is 4.90. The van der Waals surface area contributed by atoms with Gasteiger partial charge < -0.3 is 4.90 Å². The lowest BCUT2D eigenvalue weighted by Crippen LogP contribution is -2.38. The van der Waals surface area contributed by atoms with Crippen LogP contribution in [-0.4, -0.2) is 25.8 Å². The number of anilines is 1. The predicted octanol–water partition coefficient (Wildman–Crippen LogP) is 3.64. The van der Waals surface area contributed by atoms with Crippen molar-refractivity contribution in [2.75, 3.05) is 11.3 Å². The molecule has 5 nitrogen and oxygen atoms in total. The molecule has 0 atom stereocenters. The molecule has 0 unspecified atom stereocenters. The standard InChI is InChI=1S/C21H26N2O3S/c1-14(2)21(24)23-10-9-17-6-7-19(12-18(17)13-23)22-27(25,26)20-8-5-15(3)11-16(20)4/h5-8,11-12,14,22H,9-10,13H2,1-4H3. The van der Waals surface area contributed by atoms with Crippen LogP contribution in [0.15, 0.2) is 41.3 Å². The van der Waals surface area contributed by atoms with Crippen molar-refractivity contribution < 1.29 is 13.2 Å². The number of nitrogens with zero attached hydrogens (tertiary/aromatic N) is 1. The summed E-state index contributed by atoms with van der Waals surface area (Å²) in [5, 5.41) is 0. The number of hydrogen-bond donors (Lipinski definition) is 1. The van der Waals surface area contributed by atoms with E-state index >= 15 is 0 Å². The fourth-order valence-electron chi connectivity index (χ4n) is 3.48. The number of carbonyl (C=O) groups is 1. The Morgan fingerprint density at radius 1 is 1.07 bits per heavy atom. The van der Waals surface area contributed by atoms with Crippen LogP contribution in [0.2, 0.25) is 0 Å². The number of benzene rings is 2. The molecular formula is C21H26N2O3S. The number of rotatable bonds is 4. The van der Waals surface area contributed by atoms with Crippen molar-refractivity contribution >= 4 is 21.6 Å². The van der Waals surface area contributed by atoms with E-state index in [-0.39, 0.29) is 16.7 Å². The molecule has 0 aliphatic carbocycles. The Morgan fingerprint density at radius 2 is 1.81 bits per heavy atom. The van der Waals surface area contributed by atoms with Gasteiger partial charge in [-0.05, 0) is 55.2 Å². The van der Waals surface area contributed by atoms with E-state index in [1.165, 1.54) is 0 Å².